The molecule has 0 aliphatic heterocycles. The summed E-state index contributed by atoms with van der Waals surface area (Å²) >= 11 is 7.62. The first-order valence-electron chi connectivity index (χ1n) is 5.06. The number of aliphatic hydroxyl groups excluding tert-OH is 1. The quantitative estimate of drug-likeness (QED) is 0.853. The zero-order valence-electron chi connectivity index (χ0n) is 9.20. The van der Waals surface area contributed by atoms with Gasteiger partial charge in [0.1, 0.15) is 6.10 Å². The summed E-state index contributed by atoms with van der Waals surface area (Å²) in [6.07, 6.45) is -0.581. The Hall–Kier alpha value is -0.830. The fraction of sp³-hybridized carbons (Fsp3) is 0.231. The Balaban J connectivity index is 2.37. The standard InChI is InChI=1S/C13H13ClOS/c1-8-3-10(6-12(14)4-8)13(15)11-5-9(2)16-7-11/h3-7,13,15H,1-2H3. The molecule has 0 fully saturated rings. The topological polar surface area (TPSA) is 20.2 Å². The number of rotatable bonds is 2. The number of benzene rings is 1. The van der Waals surface area contributed by atoms with Crippen molar-refractivity contribution in [1.82, 2.24) is 0 Å². The maximum atomic E-state index is 10.2. The molecule has 0 saturated heterocycles. The first-order chi connectivity index (χ1) is 7.56. The number of hydrogen-bond acceptors (Lipinski definition) is 2. The predicted molar refractivity (Wildman–Crippen MR) is 69.3 cm³/mol. The summed E-state index contributed by atoms with van der Waals surface area (Å²) in [7, 11) is 0. The Morgan fingerprint density at radius 3 is 2.44 bits per heavy atom. The van der Waals surface area contributed by atoms with E-state index in [1.165, 1.54) is 4.88 Å². The van der Waals surface area contributed by atoms with E-state index < -0.39 is 6.10 Å². The normalized spacial score (nSPS) is 12.8. The molecule has 0 spiro atoms. The van der Waals surface area contributed by atoms with Crippen LogP contribution in [0.5, 0.6) is 0 Å². The molecule has 1 aromatic carbocycles. The molecular formula is C13H13ClOS. The molecule has 1 unspecified atom stereocenters. The van der Waals surface area contributed by atoms with Gasteiger partial charge in [0.2, 0.25) is 0 Å². The number of aliphatic hydroxyl groups is 1. The van der Waals surface area contributed by atoms with Crippen molar-refractivity contribution in [2.75, 3.05) is 0 Å². The van der Waals surface area contributed by atoms with Crippen LogP contribution in [0.2, 0.25) is 5.02 Å². The van der Waals surface area contributed by atoms with E-state index in [1.54, 1.807) is 11.3 Å². The average Bonchev–Trinajstić information content (AvgIpc) is 2.62. The lowest BCUT2D eigenvalue weighted by molar-refractivity contribution is 0.220. The Bertz CT molecular complexity index is 484. The van der Waals surface area contributed by atoms with Gasteiger partial charge < -0.3 is 5.11 Å². The summed E-state index contributed by atoms with van der Waals surface area (Å²) in [5, 5.41) is 12.9. The minimum Gasteiger partial charge on any atom is -0.384 e. The summed E-state index contributed by atoms with van der Waals surface area (Å²) in [5.41, 5.74) is 2.85. The first kappa shape index (κ1) is 11.6. The Kier molecular flexibility index (Phi) is 3.33. The van der Waals surface area contributed by atoms with Gasteiger partial charge in [0, 0.05) is 9.90 Å². The molecule has 1 aromatic heterocycles. The van der Waals surface area contributed by atoms with Crippen molar-refractivity contribution in [3.8, 4) is 0 Å². The largest absolute Gasteiger partial charge is 0.384 e. The van der Waals surface area contributed by atoms with E-state index in [1.807, 2.05) is 43.5 Å². The zero-order chi connectivity index (χ0) is 11.7. The maximum absolute atomic E-state index is 10.2. The fourth-order valence-electron chi connectivity index (χ4n) is 1.72. The Morgan fingerprint density at radius 2 is 1.88 bits per heavy atom. The smallest absolute Gasteiger partial charge is 0.105 e. The summed E-state index contributed by atoms with van der Waals surface area (Å²) < 4.78 is 0. The highest BCUT2D eigenvalue weighted by Gasteiger charge is 2.12. The Morgan fingerprint density at radius 1 is 1.12 bits per heavy atom. The summed E-state index contributed by atoms with van der Waals surface area (Å²) in [6, 6.07) is 7.66. The van der Waals surface area contributed by atoms with Gasteiger partial charge in [0.25, 0.3) is 0 Å². The van der Waals surface area contributed by atoms with Crippen LogP contribution in [0.3, 0.4) is 0 Å². The lowest BCUT2D eigenvalue weighted by Crippen LogP contribution is -1.98. The molecule has 0 radical (unpaired) electrons. The molecule has 2 rings (SSSR count). The van der Waals surface area contributed by atoms with Crippen molar-refractivity contribution in [2.45, 2.75) is 20.0 Å². The van der Waals surface area contributed by atoms with Gasteiger partial charge in [-0.1, -0.05) is 17.7 Å². The second-order valence-electron chi connectivity index (χ2n) is 3.96. The molecule has 0 aliphatic rings. The summed E-state index contributed by atoms with van der Waals surface area (Å²) in [6.45, 7) is 4.01. The molecule has 16 heavy (non-hydrogen) atoms. The molecule has 1 atom stereocenters. The highest BCUT2D eigenvalue weighted by molar-refractivity contribution is 7.10. The minimum absolute atomic E-state index is 0.581. The molecular weight excluding hydrogens is 240 g/mol. The van der Waals surface area contributed by atoms with Gasteiger partial charge in [-0.15, -0.1) is 11.3 Å². The van der Waals surface area contributed by atoms with Crippen LogP contribution in [0.4, 0.5) is 0 Å². The van der Waals surface area contributed by atoms with Crippen LogP contribution in [0.1, 0.15) is 27.7 Å². The van der Waals surface area contributed by atoms with Crippen molar-refractivity contribution in [3.05, 3.63) is 56.2 Å². The van der Waals surface area contributed by atoms with Crippen LogP contribution >= 0.6 is 22.9 Å². The number of halogens is 1. The van der Waals surface area contributed by atoms with E-state index in [-0.39, 0.29) is 0 Å². The SMILES string of the molecule is Cc1cc(Cl)cc(C(O)c2csc(C)c2)c1. The van der Waals surface area contributed by atoms with Crippen LogP contribution in [-0.4, -0.2) is 5.11 Å². The van der Waals surface area contributed by atoms with Crippen LogP contribution in [0, 0.1) is 13.8 Å². The lowest BCUT2D eigenvalue weighted by atomic mass is 10.0. The zero-order valence-corrected chi connectivity index (χ0v) is 10.8. The van der Waals surface area contributed by atoms with Crippen LogP contribution < -0.4 is 0 Å². The van der Waals surface area contributed by atoms with Crippen molar-refractivity contribution in [1.29, 1.82) is 0 Å². The van der Waals surface area contributed by atoms with E-state index in [0.29, 0.717) is 5.02 Å². The van der Waals surface area contributed by atoms with Gasteiger partial charge in [0.05, 0.1) is 0 Å². The molecule has 84 valence electrons. The predicted octanol–water partition coefficient (Wildman–Crippen LogP) is 4.10. The van der Waals surface area contributed by atoms with E-state index in [0.717, 1.165) is 16.7 Å². The lowest BCUT2D eigenvalue weighted by Gasteiger charge is -2.10. The molecule has 3 heteroatoms. The molecule has 0 bridgehead atoms. The van der Waals surface area contributed by atoms with Crippen molar-refractivity contribution < 1.29 is 5.11 Å². The van der Waals surface area contributed by atoms with Gasteiger partial charge in [-0.25, -0.2) is 0 Å². The monoisotopic (exact) mass is 252 g/mol. The minimum atomic E-state index is -0.581. The second-order valence-corrected chi connectivity index (χ2v) is 5.51. The second kappa shape index (κ2) is 4.58. The first-order valence-corrected chi connectivity index (χ1v) is 6.32. The van der Waals surface area contributed by atoms with E-state index in [4.69, 9.17) is 11.6 Å². The summed E-state index contributed by atoms with van der Waals surface area (Å²) in [4.78, 5) is 1.20. The molecule has 2 aromatic rings. The van der Waals surface area contributed by atoms with Crippen molar-refractivity contribution in [3.63, 3.8) is 0 Å². The molecule has 1 nitrogen and oxygen atoms in total. The number of thiophene rings is 1. The highest BCUT2D eigenvalue weighted by Crippen LogP contribution is 2.28. The fourth-order valence-corrected chi connectivity index (χ4v) is 2.74. The van der Waals surface area contributed by atoms with E-state index in [2.05, 4.69) is 0 Å². The maximum Gasteiger partial charge on any atom is 0.105 e. The van der Waals surface area contributed by atoms with Crippen LogP contribution in [0.15, 0.2) is 29.6 Å². The summed E-state index contributed by atoms with van der Waals surface area (Å²) in [5.74, 6) is 0. The molecule has 0 aliphatic carbocycles. The molecule has 0 saturated carbocycles. The Labute approximate surface area is 104 Å². The third kappa shape index (κ3) is 2.46. The number of aryl methyl sites for hydroxylation is 2. The van der Waals surface area contributed by atoms with Gasteiger partial charge >= 0.3 is 0 Å². The number of hydrogen-bond donors (Lipinski definition) is 1. The van der Waals surface area contributed by atoms with Gasteiger partial charge in [0.15, 0.2) is 0 Å². The van der Waals surface area contributed by atoms with Crippen molar-refractivity contribution >= 4 is 22.9 Å². The molecule has 1 N–H and O–H groups in total. The van der Waals surface area contributed by atoms with Gasteiger partial charge in [-0.3, -0.25) is 0 Å². The van der Waals surface area contributed by atoms with Gasteiger partial charge in [-0.2, -0.15) is 0 Å². The van der Waals surface area contributed by atoms with Crippen molar-refractivity contribution in [2.24, 2.45) is 0 Å². The molecule has 1 heterocycles. The van der Waals surface area contributed by atoms with E-state index >= 15 is 0 Å². The third-order valence-electron chi connectivity index (χ3n) is 2.45. The van der Waals surface area contributed by atoms with Gasteiger partial charge in [-0.05, 0) is 54.1 Å². The third-order valence-corrected chi connectivity index (χ3v) is 3.54. The van der Waals surface area contributed by atoms with Crippen LogP contribution in [-0.2, 0) is 0 Å². The highest BCUT2D eigenvalue weighted by atomic mass is 35.5. The average molecular weight is 253 g/mol. The van der Waals surface area contributed by atoms with E-state index in [9.17, 15) is 5.11 Å². The molecule has 0 amide bonds. The van der Waals surface area contributed by atoms with Crippen LogP contribution in [0.25, 0.3) is 0 Å².